The number of carbonyl (C=O) groups excluding carboxylic acids is 3. The van der Waals surface area contributed by atoms with Gasteiger partial charge in [0, 0.05) is 10.4 Å². The number of carbonyl (C=O) groups is 3. The topological polar surface area (TPSA) is 125 Å². The highest BCUT2D eigenvalue weighted by Gasteiger charge is 2.22. The molecule has 1 atom stereocenters. The number of thiophene rings is 1. The summed E-state index contributed by atoms with van der Waals surface area (Å²) in [6, 6.07) is 19.8. The lowest BCUT2D eigenvalue weighted by atomic mass is 10.1. The maximum absolute atomic E-state index is 12.9. The lowest BCUT2D eigenvalue weighted by Gasteiger charge is -2.13. The molecule has 2 N–H and O–H groups in total. The molecule has 240 valence electrons. The van der Waals surface area contributed by atoms with Gasteiger partial charge in [0.05, 0.1) is 25.5 Å². The van der Waals surface area contributed by atoms with Crippen molar-refractivity contribution in [1.29, 1.82) is 0 Å². The number of methoxy groups -OCH3 is 1. The standard InChI is InChI=1S/C35H37N3O7S/c1-7-43-35(41)31-22(3)24(5)46-34(31)37-33(40)27-13-15-28(16-14-27)45-23(4)32(39)38-36-19-26-12-17-29(30(18-26)42-6)44-20-25-10-8-21(2)9-11-25/h8-19,23H,7,20H2,1-6H3,(H,37,40)(H,38,39)/b36-19-/t23-/m1/s1. The molecule has 0 aliphatic carbocycles. The Morgan fingerprint density at radius 2 is 1.67 bits per heavy atom. The number of hydrogen-bond donors (Lipinski definition) is 2. The fourth-order valence-electron chi connectivity index (χ4n) is 4.27. The molecule has 11 heteroatoms. The maximum atomic E-state index is 12.9. The van der Waals surface area contributed by atoms with E-state index in [1.165, 1.54) is 23.1 Å². The Labute approximate surface area is 272 Å². The van der Waals surface area contributed by atoms with Gasteiger partial charge in [-0.2, -0.15) is 5.10 Å². The van der Waals surface area contributed by atoms with Gasteiger partial charge in [-0.25, -0.2) is 10.2 Å². The molecule has 4 rings (SSSR count). The second-order valence-electron chi connectivity index (χ2n) is 10.4. The van der Waals surface area contributed by atoms with Crippen molar-refractivity contribution in [3.05, 3.63) is 105 Å². The van der Waals surface area contributed by atoms with Crippen molar-refractivity contribution in [2.24, 2.45) is 5.10 Å². The van der Waals surface area contributed by atoms with Gasteiger partial charge in [-0.3, -0.25) is 9.59 Å². The molecule has 0 spiro atoms. The molecule has 4 aromatic rings. The number of amides is 2. The molecule has 1 aromatic heterocycles. The second kappa shape index (κ2) is 15.7. The SMILES string of the molecule is CCOC(=O)c1c(NC(=O)c2ccc(O[C@H](C)C(=O)N/N=C\c3ccc(OCc4ccc(C)cc4)c(OC)c3)cc2)sc(C)c1C. The summed E-state index contributed by atoms with van der Waals surface area (Å²) >= 11 is 1.32. The van der Waals surface area contributed by atoms with Crippen LogP contribution in [0, 0.1) is 20.8 Å². The fraction of sp³-hybridized carbons (Fsp3) is 0.257. The average Bonchev–Trinajstić information content (AvgIpc) is 3.33. The molecule has 0 saturated heterocycles. The van der Waals surface area contributed by atoms with Gasteiger partial charge >= 0.3 is 5.97 Å². The lowest BCUT2D eigenvalue weighted by molar-refractivity contribution is -0.127. The minimum Gasteiger partial charge on any atom is -0.493 e. The zero-order valence-corrected chi connectivity index (χ0v) is 27.4. The average molecular weight is 644 g/mol. The van der Waals surface area contributed by atoms with E-state index in [4.69, 9.17) is 18.9 Å². The maximum Gasteiger partial charge on any atom is 0.341 e. The van der Waals surface area contributed by atoms with Crippen molar-refractivity contribution in [1.82, 2.24) is 5.43 Å². The van der Waals surface area contributed by atoms with Crippen molar-refractivity contribution < 1.29 is 33.3 Å². The first-order chi connectivity index (χ1) is 22.1. The molecule has 0 fully saturated rings. The van der Waals surface area contributed by atoms with E-state index in [1.807, 2.05) is 45.0 Å². The number of aryl methyl sites for hydroxylation is 2. The smallest absolute Gasteiger partial charge is 0.341 e. The number of nitrogens with one attached hydrogen (secondary N) is 2. The van der Waals surface area contributed by atoms with Gasteiger partial charge in [-0.15, -0.1) is 11.3 Å². The van der Waals surface area contributed by atoms with E-state index in [1.54, 1.807) is 63.4 Å². The van der Waals surface area contributed by atoms with Crippen LogP contribution in [0.5, 0.6) is 17.2 Å². The third kappa shape index (κ3) is 8.72. The van der Waals surface area contributed by atoms with Crippen LogP contribution >= 0.6 is 11.3 Å². The quantitative estimate of drug-likeness (QED) is 0.0955. The third-order valence-electron chi connectivity index (χ3n) is 6.98. The van der Waals surface area contributed by atoms with E-state index in [-0.39, 0.29) is 12.5 Å². The summed E-state index contributed by atoms with van der Waals surface area (Å²) < 4.78 is 22.3. The third-order valence-corrected chi connectivity index (χ3v) is 8.10. The van der Waals surface area contributed by atoms with Crippen LogP contribution in [-0.2, 0) is 16.1 Å². The highest BCUT2D eigenvalue weighted by molar-refractivity contribution is 7.16. The molecule has 0 aliphatic heterocycles. The zero-order chi connectivity index (χ0) is 33.2. The molecule has 46 heavy (non-hydrogen) atoms. The molecule has 0 unspecified atom stereocenters. The van der Waals surface area contributed by atoms with Crippen molar-refractivity contribution in [3.63, 3.8) is 0 Å². The molecule has 0 aliphatic rings. The van der Waals surface area contributed by atoms with E-state index in [2.05, 4.69) is 15.8 Å². The highest BCUT2D eigenvalue weighted by Crippen LogP contribution is 2.33. The van der Waals surface area contributed by atoms with Gasteiger partial charge < -0.3 is 24.3 Å². The molecule has 10 nitrogen and oxygen atoms in total. The van der Waals surface area contributed by atoms with Gasteiger partial charge in [0.1, 0.15) is 17.4 Å². The molecule has 2 amide bonds. The van der Waals surface area contributed by atoms with Crippen molar-refractivity contribution in [3.8, 4) is 17.2 Å². The number of hydrazone groups is 1. The van der Waals surface area contributed by atoms with E-state index < -0.39 is 18.0 Å². The number of nitrogens with zero attached hydrogens (tertiary/aromatic N) is 1. The lowest BCUT2D eigenvalue weighted by Crippen LogP contribution is -2.33. The van der Waals surface area contributed by atoms with E-state index in [9.17, 15) is 14.4 Å². The minimum absolute atomic E-state index is 0.236. The largest absolute Gasteiger partial charge is 0.493 e. The summed E-state index contributed by atoms with van der Waals surface area (Å²) in [5, 5.41) is 7.29. The normalized spacial score (nSPS) is 11.5. The van der Waals surface area contributed by atoms with Gasteiger partial charge in [0.2, 0.25) is 0 Å². The van der Waals surface area contributed by atoms with Crippen molar-refractivity contribution in [2.45, 2.75) is 47.3 Å². The highest BCUT2D eigenvalue weighted by atomic mass is 32.1. The number of anilines is 1. The summed E-state index contributed by atoms with van der Waals surface area (Å²) in [6.45, 7) is 9.69. The first-order valence-electron chi connectivity index (χ1n) is 14.6. The Hall–Kier alpha value is -5.16. The van der Waals surface area contributed by atoms with Gasteiger partial charge in [0.15, 0.2) is 17.6 Å². The van der Waals surface area contributed by atoms with Crippen LogP contribution < -0.4 is 25.0 Å². The van der Waals surface area contributed by atoms with Gasteiger partial charge in [-0.05, 0) is 93.8 Å². The van der Waals surface area contributed by atoms with Crippen molar-refractivity contribution in [2.75, 3.05) is 19.0 Å². The monoisotopic (exact) mass is 643 g/mol. The predicted molar refractivity (Wildman–Crippen MR) is 178 cm³/mol. The molecule has 1 heterocycles. The molecule has 0 saturated carbocycles. The minimum atomic E-state index is -0.867. The Morgan fingerprint density at radius 3 is 2.35 bits per heavy atom. The zero-order valence-electron chi connectivity index (χ0n) is 26.6. The van der Waals surface area contributed by atoms with E-state index >= 15 is 0 Å². The summed E-state index contributed by atoms with van der Waals surface area (Å²) in [5.74, 6) is 0.198. The molecule has 0 radical (unpaired) electrons. The van der Waals surface area contributed by atoms with Crippen LogP contribution in [0.1, 0.15) is 61.7 Å². The molecular formula is C35H37N3O7S. The molecular weight excluding hydrogens is 606 g/mol. The molecule has 3 aromatic carbocycles. The number of esters is 1. The van der Waals surface area contributed by atoms with Crippen LogP contribution in [0.2, 0.25) is 0 Å². The number of benzene rings is 3. The Bertz CT molecular complexity index is 1710. The summed E-state index contributed by atoms with van der Waals surface area (Å²) in [4.78, 5) is 38.9. The van der Waals surface area contributed by atoms with Crippen LogP contribution in [0.25, 0.3) is 0 Å². The second-order valence-corrected chi connectivity index (χ2v) is 11.6. The Morgan fingerprint density at radius 1 is 0.957 bits per heavy atom. The van der Waals surface area contributed by atoms with Crippen LogP contribution in [0.4, 0.5) is 5.00 Å². The summed E-state index contributed by atoms with van der Waals surface area (Å²) in [7, 11) is 1.56. The Kier molecular flexibility index (Phi) is 11.5. The Balaban J connectivity index is 1.29. The first kappa shape index (κ1) is 33.7. The van der Waals surface area contributed by atoms with Crippen LogP contribution in [0.3, 0.4) is 0 Å². The van der Waals surface area contributed by atoms with Gasteiger partial charge in [-0.1, -0.05) is 29.8 Å². The summed E-state index contributed by atoms with van der Waals surface area (Å²) in [5.41, 5.74) is 6.89. The predicted octanol–water partition coefficient (Wildman–Crippen LogP) is 6.61. The van der Waals surface area contributed by atoms with Gasteiger partial charge in [0.25, 0.3) is 11.8 Å². The van der Waals surface area contributed by atoms with Crippen LogP contribution in [-0.4, -0.2) is 43.8 Å². The fourth-order valence-corrected chi connectivity index (χ4v) is 5.32. The van der Waals surface area contributed by atoms with Crippen molar-refractivity contribution >= 4 is 40.3 Å². The van der Waals surface area contributed by atoms with E-state index in [0.29, 0.717) is 45.5 Å². The first-order valence-corrected chi connectivity index (χ1v) is 15.5. The molecule has 0 bridgehead atoms. The van der Waals surface area contributed by atoms with E-state index in [0.717, 1.165) is 16.0 Å². The summed E-state index contributed by atoms with van der Waals surface area (Å²) in [6.07, 6.45) is 0.627. The number of ether oxygens (including phenoxy) is 4. The number of hydrogen-bond acceptors (Lipinski definition) is 9. The van der Waals surface area contributed by atoms with Crippen LogP contribution in [0.15, 0.2) is 71.8 Å². The number of rotatable bonds is 13.